The van der Waals surface area contributed by atoms with Crippen LogP contribution in [-0.2, 0) is 0 Å². The molecule has 1 N–H and O–H groups in total. The highest BCUT2D eigenvalue weighted by Crippen LogP contribution is 2.39. The molecule has 2 fully saturated rings. The summed E-state index contributed by atoms with van der Waals surface area (Å²) < 4.78 is 0. The molecule has 3 heteroatoms. The molecule has 0 aromatic rings. The lowest BCUT2D eigenvalue weighted by molar-refractivity contribution is 0.367. The van der Waals surface area contributed by atoms with Gasteiger partial charge in [0.1, 0.15) is 0 Å². The molecule has 0 spiro atoms. The third-order valence-corrected chi connectivity index (χ3v) is 7.05. The first kappa shape index (κ1) is 12.1. The van der Waals surface area contributed by atoms with Crippen LogP contribution in [0, 0.1) is 5.92 Å². The molecule has 3 unspecified atom stereocenters. The van der Waals surface area contributed by atoms with Crippen LogP contribution in [0.1, 0.15) is 32.6 Å². The van der Waals surface area contributed by atoms with E-state index in [-0.39, 0.29) is 0 Å². The lowest BCUT2D eigenvalue weighted by Gasteiger charge is -2.37. The summed E-state index contributed by atoms with van der Waals surface area (Å²) in [6.07, 6.45) is 5.84. The van der Waals surface area contributed by atoms with Gasteiger partial charge in [0.15, 0.2) is 0 Å². The summed E-state index contributed by atoms with van der Waals surface area (Å²) in [7, 11) is 2.16. The molecule has 2 aliphatic rings. The summed E-state index contributed by atoms with van der Waals surface area (Å²) in [5.41, 5.74) is 0. The number of hydrogen-bond donors (Lipinski definition) is 1. The fourth-order valence-electron chi connectivity index (χ4n) is 3.03. The third kappa shape index (κ3) is 2.86. The minimum absolute atomic E-state index is 0.764. The van der Waals surface area contributed by atoms with Crippen molar-refractivity contribution in [2.75, 3.05) is 18.6 Å². The van der Waals surface area contributed by atoms with E-state index in [1.807, 2.05) is 0 Å². The molecule has 0 aromatic carbocycles. The van der Waals surface area contributed by atoms with Gasteiger partial charge in [-0.15, -0.1) is 0 Å². The first-order valence-corrected chi connectivity index (χ1v) is 8.33. The zero-order valence-corrected chi connectivity index (χ0v) is 11.5. The van der Waals surface area contributed by atoms with Crippen LogP contribution >= 0.6 is 23.5 Å². The molecule has 1 saturated carbocycles. The van der Waals surface area contributed by atoms with Crippen molar-refractivity contribution < 1.29 is 0 Å². The molecule has 0 aromatic heterocycles. The van der Waals surface area contributed by atoms with E-state index in [9.17, 15) is 0 Å². The number of nitrogens with one attached hydrogen (secondary N) is 1. The topological polar surface area (TPSA) is 12.0 Å². The van der Waals surface area contributed by atoms with E-state index in [0.717, 1.165) is 22.5 Å². The zero-order chi connectivity index (χ0) is 10.7. The number of rotatable bonds is 3. The second-order valence-corrected chi connectivity index (χ2v) is 7.54. The maximum absolute atomic E-state index is 3.61. The minimum atomic E-state index is 0.764. The van der Waals surface area contributed by atoms with Crippen LogP contribution in [0.15, 0.2) is 0 Å². The second-order valence-electron chi connectivity index (χ2n) is 4.77. The minimum Gasteiger partial charge on any atom is -0.316 e. The Hall–Kier alpha value is 0.660. The molecule has 1 aliphatic carbocycles. The van der Waals surface area contributed by atoms with Gasteiger partial charge >= 0.3 is 0 Å². The molecule has 0 bridgehead atoms. The SMILES string of the molecule is CNC(C1CCCC1)C1SCCSC1C. The van der Waals surface area contributed by atoms with Gasteiger partial charge in [-0.2, -0.15) is 23.5 Å². The van der Waals surface area contributed by atoms with Gasteiger partial charge in [0.25, 0.3) is 0 Å². The van der Waals surface area contributed by atoms with Crippen LogP contribution < -0.4 is 5.32 Å². The first-order chi connectivity index (χ1) is 7.33. The van der Waals surface area contributed by atoms with E-state index in [0.29, 0.717) is 0 Å². The fraction of sp³-hybridized carbons (Fsp3) is 1.00. The monoisotopic (exact) mass is 245 g/mol. The van der Waals surface area contributed by atoms with Crippen molar-refractivity contribution in [3.8, 4) is 0 Å². The zero-order valence-electron chi connectivity index (χ0n) is 9.87. The maximum Gasteiger partial charge on any atom is 0.0320 e. The number of thioether (sulfide) groups is 2. The molecule has 88 valence electrons. The van der Waals surface area contributed by atoms with E-state index >= 15 is 0 Å². The lowest BCUT2D eigenvalue weighted by Crippen LogP contribution is -2.46. The summed E-state index contributed by atoms with van der Waals surface area (Å²) in [6.45, 7) is 2.42. The molecule has 1 nitrogen and oxygen atoms in total. The van der Waals surface area contributed by atoms with Crippen molar-refractivity contribution >= 4 is 23.5 Å². The standard InChI is InChI=1S/C12H23NS2/c1-9-12(15-8-7-14-9)11(13-2)10-5-3-4-6-10/h9-13H,3-8H2,1-2H3. The average molecular weight is 245 g/mol. The van der Waals surface area contributed by atoms with Crippen molar-refractivity contribution in [2.24, 2.45) is 5.92 Å². The predicted octanol–water partition coefficient (Wildman–Crippen LogP) is 3.00. The van der Waals surface area contributed by atoms with Crippen molar-refractivity contribution in [3.63, 3.8) is 0 Å². The van der Waals surface area contributed by atoms with Gasteiger partial charge in [0, 0.05) is 28.0 Å². The van der Waals surface area contributed by atoms with Gasteiger partial charge in [0.05, 0.1) is 0 Å². The summed E-state index contributed by atoms with van der Waals surface area (Å²) >= 11 is 4.38. The highest BCUT2D eigenvalue weighted by atomic mass is 32.2. The smallest absolute Gasteiger partial charge is 0.0320 e. The van der Waals surface area contributed by atoms with E-state index in [1.54, 1.807) is 0 Å². The molecule has 0 amide bonds. The van der Waals surface area contributed by atoms with Crippen molar-refractivity contribution in [2.45, 2.75) is 49.1 Å². The van der Waals surface area contributed by atoms with E-state index in [4.69, 9.17) is 0 Å². The maximum atomic E-state index is 3.61. The third-order valence-electron chi connectivity index (χ3n) is 3.83. The summed E-state index contributed by atoms with van der Waals surface area (Å²) in [4.78, 5) is 0. The predicted molar refractivity (Wildman–Crippen MR) is 73.0 cm³/mol. The quantitative estimate of drug-likeness (QED) is 0.821. The van der Waals surface area contributed by atoms with Crippen LogP contribution in [0.5, 0.6) is 0 Å². The summed E-state index contributed by atoms with van der Waals surface area (Å²) in [5, 5.41) is 5.29. The largest absolute Gasteiger partial charge is 0.316 e. The lowest BCUT2D eigenvalue weighted by atomic mass is 9.94. The van der Waals surface area contributed by atoms with Crippen LogP contribution in [0.4, 0.5) is 0 Å². The van der Waals surface area contributed by atoms with Gasteiger partial charge in [-0.1, -0.05) is 19.8 Å². The van der Waals surface area contributed by atoms with Crippen LogP contribution in [-0.4, -0.2) is 35.1 Å². The van der Waals surface area contributed by atoms with E-state index in [1.165, 1.54) is 37.2 Å². The molecular formula is C12H23NS2. The Balaban J connectivity index is 1.97. The summed E-state index contributed by atoms with van der Waals surface area (Å²) in [6, 6.07) is 0.764. The van der Waals surface area contributed by atoms with Crippen LogP contribution in [0.3, 0.4) is 0 Å². The Morgan fingerprint density at radius 1 is 1.13 bits per heavy atom. The van der Waals surface area contributed by atoms with Gasteiger partial charge in [-0.25, -0.2) is 0 Å². The molecule has 1 heterocycles. The molecule has 0 radical (unpaired) electrons. The Morgan fingerprint density at radius 2 is 1.80 bits per heavy atom. The first-order valence-electron chi connectivity index (χ1n) is 6.23. The van der Waals surface area contributed by atoms with Crippen molar-refractivity contribution in [3.05, 3.63) is 0 Å². The van der Waals surface area contributed by atoms with Crippen molar-refractivity contribution in [1.82, 2.24) is 5.32 Å². The normalized spacial score (nSPS) is 35.6. The van der Waals surface area contributed by atoms with Crippen LogP contribution in [0.25, 0.3) is 0 Å². The van der Waals surface area contributed by atoms with Crippen molar-refractivity contribution in [1.29, 1.82) is 0 Å². The van der Waals surface area contributed by atoms with Gasteiger partial charge < -0.3 is 5.32 Å². The van der Waals surface area contributed by atoms with E-state index in [2.05, 4.69) is 42.8 Å². The Kier molecular flexibility index (Phi) is 4.71. The Morgan fingerprint density at radius 3 is 2.40 bits per heavy atom. The highest BCUT2D eigenvalue weighted by molar-refractivity contribution is 8.07. The van der Waals surface area contributed by atoms with Gasteiger partial charge in [-0.3, -0.25) is 0 Å². The molecule has 1 saturated heterocycles. The molecule has 3 atom stereocenters. The van der Waals surface area contributed by atoms with Gasteiger partial charge in [0.2, 0.25) is 0 Å². The molecule has 2 rings (SSSR count). The molecule has 1 aliphatic heterocycles. The Labute approximate surface area is 103 Å². The average Bonchev–Trinajstić information content (AvgIpc) is 2.75. The summed E-state index contributed by atoms with van der Waals surface area (Å²) in [5.74, 6) is 3.65. The number of hydrogen-bond acceptors (Lipinski definition) is 3. The molecule has 15 heavy (non-hydrogen) atoms. The van der Waals surface area contributed by atoms with E-state index < -0.39 is 0 Å². The molecular weight excluding hydrogens is 222 g/mol. The fourth-order valence-corrected chi connectivity index (χ4v) is 6.11. The van der Waals surface area contributed by atoms with Crippen LogP contribution in [0.2, 0.25) is 0 Å². The van der Waals surface area contributed by atoms with Gasteiger partial charge in [-0.05, 0) is 25.8 Å². The highest BCUT2D eigenvalue weighted by Gasteiger charge is 2.35. The Bertz CT molecular complexity index is 192. The second kappa shape index (κ2) is 5.83.